The van der Waals surface area contributed by atoms with Crippen LogP contribution >= 0.6 is 12.2 Å². The molecule has 1 N–H and O–H groups in total. The lowest BCUT2D eigenvalue weighted by molar-refractivity contribution is 0.590. The number of benzene rings is 1. The summed E-state index contributed by atoms with van der Waals surface area (Å²) in [4.78, 5) is 0. The van der Waals surface area contributed by atoms with Gasteiger partial charge in [-0.2, -0.15) is 5.10 Å². The number of aromatic nitrogens is 3. The minimum atomic E-state index is 0.173. The highest BCUT2D eigenvalue weighted by Gasteiger charge is 2.14. The van der Waals surface area contributed by atoms with Gasteiger partial charge in [0.15, 0.2) is 10.6 Å². The molecule has 102 valence electrons. The Morgan fingerprint density at radius 3 is 2.37 bits per heavy atom. The number of nitrogens with zero attached hydrogens (tertiary/aromatic N) is 2. The van der Waals surface area contributed by atoms with Crippen LogP contribution in [0.2, 0.25) is 0 Å². The first-order chi connectivity index (χ1) is 8.93. The lowest BCUT2D eigenvalue weighted by atomic mass is 9.87. The van der Waals surface area contributed by atoms with E-state index in [2.05, 4.69) is 66.7 Å². The molecule has 0 saturated heterocycles. The summed E-state index contributed by atoms with van der Waals surface area (Å²) in [6.07, 6.45) is 1.04. The van der Waals surface area contributed by atoms with Crippen molar-refractivity contribution >= 4 is 12.2 Å². The zero-order valence-electron chi connectivity index (χ0n) is 12.0. The highest BCUT2D eigenvalue weighted by Crippen LogP contribution is 2.25. The maximum atomic E-state index is 5.27. The fourth-order valence-corrected chi connectivity index (χ4v) is 2.31. The predicted octanol–water partition coefficient (Wildman–Crippen LogP) is 4.32. The lowest BCUT2D eigenvalue weighted by Crippen LogP contribution is -2.10. The predicted molar refractivity (Wildman–Crippen MR) is 81.8 cm³/mol. The van der Waals surface area contributed by atoms with Gasteiger partial charge in [0.1, 0.15) is 0 Å². The van der Waals surface area contributed by atoms with E-state index >= 15 is 0 Å². The fraction of sp³-hybridized carbons (Fsp3) is 0.467. The Balaban J connectivity index is 2.40. The second-order valence-corrected chi connectivity index (χ2v) is 6.22. The van der Waals surface area contributed by atoms with Gasteiger partial charge in [-0.25, -0.2) is 0 Å². The Morgan fingerprint density at radius 1 is 1.21 bits per heavy atom. The molecule has 0 spiro atoms. The first-order valence-electron chi connectivity index (χ1n) is 6.69. The van der Waals surface area contributed by atoms with Crippen molar-refractivity contribution in [2.24, 2.45) is 0 Å². The molecule has 0 fully saturated rings. The minimum Gasteiger partial charge on any atom is -0.300 e. The van der Waals surface area contributed by atoms with Crippen molar-refractivity contribution in [3.05, 3.63) is 34.6 Å². The summed E-state index contributed by atoms with van der Waals surface area (Å²) in [6, 6.07) is 8.59. The number of hydrogen-bond acceptors (Lipinski definition) is 2. The summed E-state index contributed by atoms with van der Waals surface area (Å²) in [7, 11) is 0. The number of hydrogen-bond donors (Lipinski definition) is 1. The van der Waals surface area contributed by atoms with Crippen LogP contribution in [-0.2, 0) is 12.0 Å². The molecule has 0 saturated carbocycles. The van der Waals surface area contributed by atoms with Gasteiger partial charge in [0.25, 0.3) is 0 Å². The van der Waals surface area contributed by atoms with Crippen molar-refractivity contribution in [2.75, 3.05) is 0 Å². The van der Waals surface area contributed by atoms with Gasteiger partial charge in [-0.1, -0.05) is 52.0 Å². The van der Waals surface area contributed by atoms with Crippen LogP contribution in [0.1, 0.15) is 39.7 Å². The lowest BCUT2D eigenvalue weighted by Gasteiger charge is -2.19. The molecule has 19 heavy (non-hydrogen) atoms. The van der Waals surface area contributed by atoms with Crippen molar-refractivity contribution in [1.82, 2.24) is 14.8 Å². The zero-order chi connectivity index (χ0) is 14.0. The monoisotopic (exact) mass is 275 g/mol. The van der Waals surface area contributed by atoms with Gasteiger partial charge in [0, 0.05) is 12.1 Å². The summed E-state index contributed by atoms with van der Waals surface area (Å²) < 4.78 is 2.75. The van der Waals surface area contributed by atoms with Crippen molar-refractivity contribution in [3.63, 3.8) is 0 Å². The van der Waals surface area contributed by atoms with E-state index in [1.807, 2.05) is 0 Å². The quantitative estimate of drug-likeness (QED) is 0.847. The fourth-order valence-electron chi connectivity index (χ4n) is 2.09. The molecule has 1 aromatic carbocycles. The molecule has 0 radical (unpaired) electrons. The Bertz CT molecular complexity index is 600. The van der Waals surface area contributed by atoms with Crippen LogP contribution in [-0.4, -0.2) is 14.8 Å². The van der Waals surface area contributed by atoms with Gasteiger partial charge >= 0.3 is 0 Å². The zero-order valence-corrected chi connectivity index (χ0v) is 12.8. The highest BCUT2D eigenvalue weighted by molar-refractivity contribution is 7.71. The third-order valence-electron chi connectivity index (χ3n) is 3.21. The standard InChI is InChI=1S/C15H21N3S/c1-5-10-18-13(16-17-14(18)19)11-6-8-12(9-7-11)15(2,3)4/h6-9H,5,10H2,1-4H3,(H,17,19). The molecular weight excluding hydrogens is 254 g/mol. The van der Waals surface area contributed by atoms with Crippen LogP contribution < -0.4 is 0 Å². The van der Waals surface area contributed by atoms with Gasteiger partial charge in [-0.05, 0) is 29.6 Å². The first-order valence-corrected chi connectivity index (χ1v) is 7.10. The van der Waals surface area contributed by atoms with Crippen molar-refractivity contribution in [2.45, 2.75) is 46.1 Å². The maximum Gasteiger partial charge on any atom is 0.195 e. The van der Waals surface area contributed by atoms with Crippen LogP contribution in [0.15, 0.2) is 24.3 Å². The van der Waals surface area contributed by atoms with Crippen molar-refractivity contribution < 1.29 is 0 Å². The van der Waals surface area contributed by atoms with E-state index in [1.165, 1.54) is 5.56 Å². The van der Waals surface area contributed by atoms with Gasteiger partial charge in [0.2, 0.25) is 0 Å². The Morgan fingerprint density at radius 2 is 1.84 bits per heavy atom. The van der Waals surface area contributed by atoms with E-state index in [0.29, 0.717) is 4.77 Å². The van der Waals surface area contributed by atoms with Crippen molar-refractivity contribution in [1.29, 1.82) is 0 Å². The smallest absolute Gasteiger partial charge is 0.195 e. The molecule has 1 aromatic heterocycles. The molecule has 4 heteroatoms. The third-order valence-corrected chi connectivity index (χ3v) is 3.53. The summed E-state index contributed by atoms with van der Waals surface area (Å²) in [5.41, 5.74) is 2.60. The van der Waals surface area contributed by atoms with Crippen LogP contribution in [0, 0.1) is 4.77 Å². The molecule has 0 amide bonds. The molecule has 0 bridgehead atoms. The van der Waals surface area contributed by atoms with Crippen LogP contribution in [0.25, 0.3) is 11.4 Å². The summed E-state index contributed by atoms with van der Waals surface area (Å²) >= 11 is 5.27. The Hall–Kier alpha value is -1.42. The summed E-state index contributed by atoms with van der Waals surface area (Å²) in [6.45, 7) is 9.69. The van der Waals surface area contributed by atoms with Crippen molar-refractivity contribution in [3.8, 4) is 11.4 Å². The second kappa shape index (κ2) is 5.29. The number of H-pyrrole nitrogens is 1. The Labute approximate surface area is 119 Å². The molecular formula is C15H21N3S. The maximum absolute atomic E-state index is 5.27. The molecule has 1 heterocycles. The van der Waals surface area contributed by atoms with Gasteiger partial charge in [0.05, 0.1) is 0 Å². The molecule has 0 unspecified atom stereocenters. The highest BCUT2D eigenvalue weighted by atomic mass is 32.1. The van der Waals surface area contributed by atoms with E-state index in [1.54, 1.807) is 0 Å². The topological polar surface area (TPSA) is 33.6 Å². The number of rotatable bonds is 3. The minimum absolute atomic E-state index is 0.173. The summed E-state index contributed by atoms with van der Waals surface area (Å²) in [5.74, 6) is 0.923. The molecule has 0 aliphatic heterocycles. The van der Waals surface area contributed by atoms with Crippen LogP contribution in [0.3, 0.4) is 0 Å². The van der Waals surface area contributed by atoms with Crippen LogP contribution in [0.5, 0.6) is 0 Å². The molecule has 2 aromatic rings. The van der Waals surface area contributed by atoms with Gasteiger partial charge in [-0.15, -0.1) is 0 Å². The van der Waals surface area contributed by atoms with Gasteiger partial charge < -0.3 is 4.57 Å². The molecule has 3 nitrogen and oxygen atoms in total. The van der Waals surface area contributed by atoms with Gasteiger partial charge in [-0.3, -0.25) is 5.10 Å². The molecule has 2 rings (SSSR count). The third kappa shape index (κ3) is 2.95. The SMILES string of the molecule is CCCn1c(-c2ccc(C(C)(C)C)cc2)n[nH]c1=S. The van der Waals surface area contributed by atoms with Crippen LogP contribution in [0.4, 0.5) is 0 Å². The Kier molecular flexibility index (Phi) is 3.90. The van der Waals surface area contributed by atoms with E-state index in [-0.39, 0.29) is 5.41 Å². The summed E-state index contributed by atoms with van der Waals surface area (Å²) in [5, 5.41) is 7.22. The average Bonchev–Trinajstić information content (AvgIpc) is 2.71. The average molecular weight is 275 g/mol. The number of aromatic amines is 1. The molecule has 0 aliphatic carbocycles. The first kappa shape index (κ1) is 14.0. The van der Waals surface area contributed by atoms with E-state index < -0.39 is 0 Å². The van der Waals surface area contributed by atoms with E-state index in [0.717, 1.165) is 24.4 Å². The second-order valence-electron chi connectivity index (χ2n) is 5.83. The molecule has 0 atom stereocenters. The largest absolute Gasteiger partial charge is 0.300 e. The normalized spacial score (nSPS) is 11.8. The molecule has 0 aliphatic rings. The van der Waals surface area contributed by atoms with E-state index in [4.69, 9.17) is 12.2 Å². The van der Waals surface area contributed by atoms with E-state index in [9.17, 15) is 0 Å². The number of nitrogens with one attached hydrogen (secondary N) is 1.